The predicted octanol–water partition coefficient (Wildman–Crippen LogP) is 1.25. The van der Waals surface area contributed by atoms with Gasteiger partial charge in [-0.3, -0.25) is 0 Å². The van der Waals surface area contributed by atoms with Crippen LogP contribution in [0, 0.1) is 6.07 Å². The molecular formula is C8H7N2. The number of benzene rings is 1. The van der Waals surface area contributed by atoms with E-state index in [-0.39, 0.29) is 0 Å². The fourth-order valence-corrected chi connectivity index (χ4v) is 0.988. The van der Waals surface area contributed by atoms with E-state index in [1.54, 1.807) is 6.34 Å². The molecule has 0 saturated heterocycles. The lowest BCUT2D eigenvalue weighted by molar-refractivity contribution is 0.911. The van der Waals surface area contributed by atoms with E-state index in [2.05, 4.69) is 16.4 Å². The fraction of sp³-hybridized carbons (Fsp3) is 0.125. The molecule has 1 N–H and O–H groups in total. The van der Waals surface area contributed by atoms with Crippen LogP contribution in [0.5, 0.6) is 0 Å². The molecule has 1 aliphatic heterocycles. The van der Waals surface area contributed by atoms with Crippen molar-refractivity contribution in [3.05, 3.63) is 29.8 Å². The van der Waals surface area contributed by atoms with Gasteiger partial charge in [0.15, 0.2) is 0 Å². The van der Waals surface area contributed by atoms with Gasteiger partial charge in [-0.25, -0.2) is 4.99 Å². The van der Waals surface area contributed by atoms with Crippen LogP contribution in [0.2, 0.25) is 0 Å². The quantitative estimate of drug-likeness (QED) is 0.563. The predicted molar refractivity (Wildman–Crippen MR) is 40.3 cm³/mol. The first-order valence-electron chi connectivity index (χ1n) is 3.22. The van der Waals surface area contributed by atoms with Crippen LogP contribution in [0.1, 0.15) is 5.56 Å². The van der Waals surface area contributed by atoms with E-state index in [1.165, 1.54) is 0 Å². The second-order valence-corrected chi connectivity index (χ2v) is 2.17. The monoisotopic (exact) mass is 131 g/mol. The highest BCUT2D eigenvalue weighted by Gasteiger charge is 2.01. The number of nitrogens with zero attached hydrogens (tertiary/aromatic N) is 1. The molecule has 1 radical (unpaired) electrons. The van der Waals surface area contributed by atoms with Gasteiger partial charge in [-0.2, -0.15) is 0 Å². The molecule has 0 spiro atoms. The molecule has 2 rings (SSSR count). The van der Waals surface area contributed by atoms with Crippen LogP contribution in [0.4, 0.5) is 5.69 Å². The van der Waals surface area contributed by atoms with Crippen LogP contribution in [-0.4, -0.2) is 6.34 Å². The van der Waals surface area contributed by atoms with Crippen molar-refractivity contribution in [2.75, 3.05) is 0 Å². The maximum Gasteiger partial charge on any atom is 0.0889 e. The minimum atomic E-state index is 0.847. The highest BCUT2D eigenvalue weighted by molar-refractivity contribution is 5.66. The Hall–Kier alpha value is -1.31. The molecule has 1 aromatic carbocycles. The SMILES string of the molecule is [c]1cccc2c1CNC=N2. The van der Waals surface area contributed by atoms with E-state index in [4.69, 9.17) is 0 Å². The van der Waals surface area contributed by atoms with Crippen LogP contribution < -0.4 is 5.32 Å². The number of fused-ring (bicyclic) bond motifs is 1. The molecule has 0 unspecified atom stereocenters. The molecule has 0 saturated carbocycles. The van der Waals surface area contributed by atoms with E-state index in [1.807, 2.05) is 18.2 Å². The number of hydrogen-bond donors (Lipinski definition) is 1. The van der Waals surface area contributed by atoms with Gasteiger partial charge in [0.1, 0.15) is 0 Å². The number of aliphatic imine (C=N–C) groups is 1. The molecule has 1 aliphatic rings. The first kappa shape index (κ1) is 5.47. The second kappa shape index (κ2) is 2.14. The molecule has 1 aromatic rings. The molecule has 2 nitrogen and oxygen atoms in total. The molecule has 1 heterocycles. The Balaban J connectivity index is 2.54. The fourth-order valence-electron chi connectivity index (χ4n) is 0.988. The summed E-state index contributed by atoms with van der Waals surface area (Å²) in [4.78, 5) is 4.13. The van der Waals surface area contributed by atoms with Crippen molar-refractivity contribution >= 4 is 12.0 Å². The summed E-state index contributed by atoms with van der Waals surface area (Å²) in [7, 11) is 0. The van der Waals surface area contributed by atoms with Crippen molar-refractivity contribution in [2.45, 2.75) is 6.54 Å². The van der Waals surface area contributed by atoms with Gasteiger partial charge in [0.2, 0.25) is 0 Å². The van der Waals surface area contributed by atoms with Crippen molar-refractivity contribution in [2.24, 2.45) is 4.99 Å². The number of rotatable bonds is 0. The van der Waals surface area contributed by atoms with Crippen molar-refractivity contribution in [3.63, 3.8) is 0 Å². The molecule has 0 aromatic heterocycles. The van der Waals surface area contributed by atoms with Gasteiger partial charge in [0.05, 0.1) is 12.0 Å². The standard InChI is InChI=1S/C8H7N2/c1-2-4-8-7(3-1)5-9-6-10-8/h1-2,4,6H,5H2,(H,9,10). The molecule has 10 heavy (non-hydrogen) atoms. The van der Waals surface area contributed by atoms with Crippen LogP contribution in [0.3, 0.4) is 0 Å². The normalized spacial score (nSPS) is 14.0. The summed E-state index contributed by atoms with van der Waals surface area (Å²) in [5.74, 6) is 0. The summed E-state index contributed by atoms with van der Waals surface area (Å²) >= 11 is 0. The van der Waals surface area contributed by atoms with Gasteiger partial charge in [0, 0.05) is 12.1 Å². The van der Waals surface area contributed by atoms with Crippen molar-refractivity contribution < 1.29 is 0 Å². The molecule has 0 amide bonds. The summed E-state index contributed by atoms with van der Waals surface area (Å²) < 4.78 is 0. The smallest absolute Gasteiger partial charge is 0.0889 e. The average Bonchev–Trinajstić information content (AvgIpc) is 2.05. The Kier molecular flexibility index (Phi) is 1.17. The maximum absolute atomic E-state index is 4.13. The third-order valence-corrected chi connectivity index (χ3v) is 1.49. The summed E-state index contributed by atoms with van der Waals surface area (Å²) in [5, 5.41) is 3.02. The third-order valence-electron chi connectivity index (χ3n) is 1.49. The molecular weight excluding hydrogens is 124 g/mol. The van der Waals surface area contributed by atoms with Crippen molar-refractivity contribution in [1.29, 1.82) is 0 Å². The molecule has 0 aliphatic carbocycles. The van der Waals surface area contributed by atoms with Crippen LogP contribution in [-0.2, 0) is 6.54 Å². The number of hydrogen-bond acceptors (Lipinski definition) is 2. The molecule has 49 valence electrons. The minimum Gasteiger partial charge on any atom is -0.372 e. The zero-order valence-electron chi connectivity index (χ0n) is 5.46. The first-order chi connectivity index (χ1) is 4.97. The lowest BCUT2D eigenvalue weighted by atomic mass is 10.2. The maximum atomic E-state index is 4.13. The van der Waals surface area contributed by atoms with Gasteiger partial charge >= 0.3 is 0 Å². The van der Waals surface area contributed by atoms with E-state index in [9.17, 15) is 0 Å². The van der Waals surface area contributed by atoms with Crippen LogP contribution in [0.15, 0.2) is 23.2 Å². The third kappa shape index (κ3) is 0.778. The zero-order chi connectivity index (χ0) is 6.81. The number of nitrogens with one attached hydrogen (secondary N) is 1. The Morgan fingerprint density at radius 1 is 1.60 bits per heavy atom. The van der Waals surface area contributed by atoms with E-state index < -0.39 is 0 Å². The van der Waals surface area contributed by atoms with Crippen molar-refractivity contribution in [3.8, 4) is 0 Å². The van der Waals surface area contributed by atoms with E-state index in [0.29, 0.717) is 0 Å². The summed E-state index contributed by atoms with van der Waals surface area (Å²) in [5.41, 5.74) is 2.17. The first-order valence-corrected chi connectivity index (χ1v) is 3.22. The van der Waals surface area contributed by atoms with E-state index >= 15 is 0 Å². The lowest BCUT2D eigenvalue weighted by Crippen LogP contribution is -2.13. The van der Waals surface area contributed by atoms with Crippen LogP contribution >= 0.6 is 0 Å². The average molecular weight is 131 g/mol. The molecule has 2 heteroatoms. The second-order valence-electron chi connectivity index (χ2n) is 2.17. The Morgan fingerprint density at radius 2 is 2.60 bits per heavy atom. The van der Waals surface area contributed by atoms with Gasteiger partial charge in [-0.15, -0.1) is 0 Å². The van der Waals surface area contributed by atoms with E-state index in [0.717, 1.165) is 17.8 Å². The highest BCUT2D eigenvalue weighted by atomic mass is 15.0. The highest BCUT2D eigenvalue weighted by Crippen LogP contribution is 2.18. The Morgan fingerprint density at radius 3 is 3.50 bits per heavy atom. The summed E-state index contributed by atoms with van der Waals surface area (Å²) in [6.07, 6.45) is 1.72. The van der Waals surface area contributed by atoms with Gasteiger partial charge in [-0.1, -0.05) is 12.1 Å². The minimum absolute atomic E-state index is 0.847. The summed E-state index contributed by atoms with van der Waals surface area (Å²) in [6, 6.07) is 8.95. The summed E-state index contributed by atoms with van der Waals surface area (Å²) in [6.45, 7) is 0.847. The largest absolute Gasteiger partial charge is 0.372 e. The van der Waals surface area contributed by atoms with Crippen molar-refractivity contribution in [1.82, 2.24) is 5.32 Å². The zero-order valence-corrected chi connectivity index (χ0v) is 5.46. The van der Waals surface area contributed by atoms with Gasteiger partial charge in [-0.05, 0) is 12.1 Å². The Labute approximate surface area is 59.6 Å². The molecule has 0 fully saturated rings. The lowest BCUT2D eigenvalue weighted by Gasteiger charge is -2.08. The van der Waals surface area contributed by atoms with Crippen LogP contribution in [0.25, 0.3) is 0 Å². The Bertz CT molecular complexity index is 266. The van der Waals surface area contributed by atoms with Gasteiger partial charge < -0.3 is 5.32 Å². The topological polar surface area (TPSA) is 24.4 Å². The molecule has 0 atom stereocenters. The van der Waals surface area contributed by atoms with Gasteiger partial charge in [0.25, 0.3) is 0 Å². The molecule has 0 bridgehead atoms.